The van der Waals surface area contributed by atoms with Gasteiger partial charge in [-0.3, -0.25) is 4.68 Å². The molecule has 2 rings (SSSR count). The van der Waals surface area contributed by atoms with Crippen molar-refractivity contribution in [3.63, 3.8) is 0 Å². The summed E-state index contributed by atoms with van der Waals surface area (Å²) in [5.41, 5.74) is 0. The van der Waals surface area contributed by atoms with Crippen LogP contribution in [0.1, 0.15) is 13.8 Å². The van der Waals surface area contributed by atoms with Crippen molar-refractivity contribution in [2.75, 3.05) is 0 Å². The molecule has 2 heterocycles. The molecule has 0 amide bonds. The van der Waals surface area contributed by atoms with E-state index in [1.807, 2.05) is 13.8 Å². The molecule has 0 radical (unpaired) electrons. The molecule has 7 heteroatoms. The summed E-state index contributed by atoms with van der Waals surface area (Å²) in [7, 11) is 1.73. The zero-order chi connectivity index (χ0) is 13.5. The largest absolute Gasteiger partial charge is 0.445 e. The lowest BCUT2D eigenvalue weighted by Gasteiger charge is -2.01. The Morgan fingerprint density at radius 3 is 2.72 bits per heavy atom. The van der Waals surface area contributed by atoms with Crippen LogP contribution < -0.4 is 4.74 Å². The molecule has 7 nitrogen and oxygen atoms in total. The van der Waals surface area contributed by atoms with E-state index in [1.165, 1.54) is 23.1 Å². The number of hydrogen-bond donors (Lipinski definition) is 0. The van der Waals surface area contributed by atoms with E-state index in [1.54, 1.807) is 19.3 Å². The van der Waals surface area contributed by atoms with Gasteiger partial charge in [-0.25, -0.2) is 0 Å². The molecule has 18 heavy (non-hydrogen) atoms. The maximum absolute atomic E-state index is 10.7. The van der Waals surface area contributed by atoms with E-state index < -0.39 is 4.92 Å². The zero-order valence-corrected chi connectivity index (χ0v) is 10.4. The molecule has 0 aromatic carbocycles. The molecule has 0 unspecified atom stereocenters. The molecule has 0 bridgehead atoms. The van der Waals surface area contributed by atoms with E-state index in [0.29, 0.717) is 5.75 Å². The van der Waals surface area contributed by atoms with Gasteiger partial charge in [0.2, 0.25) is 5.75 Å². The van der Waals surface area contributed by atoms with Crippen molar-refractivity contribution >= 4 is 5.82 Å². The molecule has 0 saturated heterocycles. The monoisotopic (exact) mass is 250 g/mol. The van der Waals surface area contributed by atoms with Gasteiger partial charge < -0.3 is 14.9 Å². The van der Waals surface area contributed by atoms with Crippen molar-refractivity contribution in [1.82, 2.24) is 14.8 Å². The summed E-state index contributed by atoms with van der Waals surface area (Å²) in [6.45, 7) is 4.00. The summed E-state index contributed by atoms with van der Waals surface area (Å²) in [6, 6.07) is 3.05. The minimum absolute atomic E-state index is 0.0977. The molecule has 0 saturated carbocycles. The van der Waals surface area contributed by atoms with E-state index in [-0.39, 0.29) is 11.6 Å². The predicted molar refractivity (Wildman–Crippen MR) is 65.5 cm³/mol. The number of pyridine rings is 1. The number of nitro groups is 1. The number of ether oxygens (including phenoxy) is 1. The Morgan fingerprint density at radius 2 is 2.17 bits per heavy atom. The van der Waals surface area contributed by atoms with Crippen LogP contribution in [0.15, 0.2) is 30.7 Å². The van der Waals surface area contributed by atoms with Gasteiger partial charge in [0, 0.05) is 7.05 Å². The van der Waals surface area contributed by atoms with Crippen molar-refractivity contribution in [3.8, 4) is 11.5 Å². The molecular formula is C11H14N4O3. The summed E-state index contributed by atoms with van der Waals surface area (Å²) in [5, 5.41) is 14.5. The Balaban J connectivity index is 0.000000771. The molecule has 0 aliphatic rings. The SMILES string of the molecule is CC.Cn1cc(Oc2cccnc2[N+](=O)[O-])cn1. The van der Waals surface area contributed by atoms with E-state index in [9.17, 15) is 10.1 Å². The number of aryl methyl sites for hydroxylation is 1. The van der Waals surface area contributed by atoms with Gasteiger partial charge in [0.25, 0.3) is 0 Å². The number of aromatic nitrogens is 3. The van der Waals surface area contributed by atoms with Gasteiger partial charge in [0.05, 0.1) is 12.4 Å². The Morgan fingerprint density at radius 1 is 1.44 bits per heavy atom. The number of nitrogens with zero attached hydrogens (tertiary/aromatic N) is 4. The minimum Gasteiger partial charge on any atom is -0.445 e. The first-order chi connectivity index (χ1) is 8.66. The third-order valence-corrected chi connectivity index (χ3v) is 1.83. The van der Waals surface area contributed by atoms with E-state index >= 15 is 0 Å². The summed E-state index contributed by atoms with van der Waals surface area (Å²) < 4.78 is 6.84. The molecule has 2 aromatic heterocycles. The average molecular weight is 250 g/mol. The number of hydrogen-bond acceptors (Lipinski definition) is 5. The van der Waals surface area contributed by atoms with Gasteiger partial charge in [-0.15, -0.1) is 0 Å². The fraction of sp³-hybridized carbons (Fsp3) is 0.273. The van der Waals surface area contributed by atoms with Crippen LogP contribution in [0, 0.1) is 10.1 Å². The van der Waals surface area contributed by atoms with Crippen molar-refractivity contribution in [2.45, 2.75) is 13.8 Å². The lowest BCUT2D eigenvalue weighted by Crippen LogP contribution is -1.95. The van der Waals surface area contributed by atoms with Crippen LogP contribution in [0.4, 0.5) is 5.82 Å². The highest BCUT2D eigenvalue weighted by atomic mass is 16.6. The van der Waals surface area contributed by atoms with Crippen molar-refractivity contribution in [2.24, 2.45) is 7.05 Å². The lowest BCUT2D eigenvalue weighted by atomic mass is 10.4. The third kappa shape index (κ3) is 3.27. The molecule has 0 aliphatic carbocycles. The number of rotatable bonds is 3. The lowest BCUT2D eigenvalue weighted by molar-refractivity contribution is -0.390. The molecule has 0 N–H and O–H groups in total. The molecule has 0 atom stereocenters. The van der Waals surface area contributed by atoms with E-state index in [2.05, 4.69) is 10.1 Å². The standard InChI is InChI=1S/C9H8N4O3.C2H6/c1-12-6-7(5-11-12)16-8-3-2-4-10-9(8)13(14)15;1-2/h2-6H,1H3;1-2H3. The van der Waals surface area contributed by atoms with E-state index in [4.69, 9.17) is 4.74 Å². The van der Waals surface area contributed by atoms with Crippen molar-refractivity contribution < 1.29 is 9.66 Å². The highest BCUT2D eigenvalue weighted by molar-refractivity contribution is 5.41. The molecular weight excluding hydrogens is 236 g/mol. The normalized spacial score (nSPS) is 9.28. The first-order valence-electron chi connectivity index (χ1n) is 5.43. The fourth-order valence-corrected chi connectivity index (χ4v) is 1.18. The molecule has 0 aliphatic heterocycles. The van der Waals surface area contributed by atoms with Crippen LogP contribution in [-0.4, -0.2) is 19.7 Å². The van der Waals surface area contributed by atoms with Gasteiger partial charge in [-0.2, -0.15) is 5.10 Å². The Labute approximate surface area is 104 Å². The van der Waals surface area contributed by atoms with Crippen LogP contribution in [0.25, 0.3) is 0 Å². The van der Waals surface area contributed by atoms with Crippen molar-refractivity contribution in [3.05, 3.63) is 40.8 Å². The Kier molecular flexibility index (Phi) is 4.79. The maximum Gasteiger partial charge on any atom is 0.406 e. The molecule has 0 spiro atoms. The third-order valence-electron chi connectivity index (χ3n) is 1.83. The summed E-state index contributed by atoms with van der Waals surface area (Å²) >= 11 is 0. The first-order valence-corrected chi connectivity index (χ1v) is 5.43. The van der Waals surface area contributed by atoms with Gasteiger partial charge in [-0.05, 0) is 22.0 Å². The first kappa shape index (κ1) is 13.6. The maximum atomic E-state index is 10.7. The van der Waals surface area contributed by atoms with Crippen molar-refractivity contribution in [1.29, 1.82) is 0 Å². The second-order valence-corrected chi connectivity index (χ2v) is 3.03. The molecule has 2 aromatic rings. The Hall–Kier alpha value is -2.44. The predicted octanol–water partition coefficient (Wildman–Crippen LogP) is 2.54. The van der Waals surface area contributed by atoms with Crippen LogP contribution in [0.3, 0.4) is 0 Å². The highest BCUT2D eigenvalue weighted by Crippen LogP contribution is 2.28. The topological polar surface area (TPSA) is 83.1 Å². The smallest absolute Gasteiger partial charge is 0.406 e. The zero-order valence-electron chi connectivity index (χ0n) is 10.4. The summed E-state index contributed by atoms with van der Waals surface area (Å²) in [6.07, 6.45) is 4.42. The van der Waals surface area contributed by atoms with Gasteiger partial charge in [0.1, 0.15) is 6.20 Å². The van der Waals surface area contributed by atoms with Crippen LogP contribution in [0.5, 0.6) is 11.5 Å². The summed E-state index contributed by atoms with van der Waals surface area (Å²) in [5.74, 6) is 0.213. The van der Waals surface area contributed by atoms with Crippen LogP contribution in [0.2, 0.25) is 0 Å². The molecule has 96 valence electrons. The highest BCUT2D eigenvalue weighted by Gasteiger charge is 2.16. The van der Waals surface area contributed by atoms with Crippen LogP contribution >= 0.6 is 0 Å². The average Bonchev–Trinajstić information content (AvgIpc) is 2.78. The summed E-state index contributed by atoms with van der Waals surface area (Å²) in [4.78, 5) is 13.7. The fourth-order valence-electron chi connectivity index (χ4n) is 1.18. The van der Waals surface area contributed by atoms with Gasteiger partial charge >= 0.3 is 5.82 Å². The van der Waals surface area contributed by atoms with E-state index in [0.717, 1.165) is 0 Å². The van der Waals surface area contributed by atoms with Crippen LogP contribution in [-0.2, 0) is 7.05 Å². The second kappa shape index (κ2) is 6.33. The quantitative estimate of drug-likeness (QED) is 0.617. The van der Waals surface area contributed by atoms with Gasteiger partial charge in [0.15, 0.2) is 5.75 Å². The Bertz CT molecular complexity index is 525. The molecule has 0 fully saturated rings. The second-order valence-electron chi connectivity index (χ2n) is 3.03. The minimum atomic E-state index is -0.592. The van der Waals surface area contributed by atoms with Gasteiger partial charge in [-0.1, -0.05) is 13.8 Å².